The van der Waals surface area contributed by atoms with Crippen LogP contribution in [0.5, 0.6) is 0 Å². The van der Waals surface area contributed by atoms with Gasteiger partial charge in [0.05, 0.1) is 23.6 Å². The van der Waals surface area contributed by atoms with Crippen LogP contribution in [0.2, 0.25) is 5.02 Å². The second kappa shape index (κ2) is 22.0. The van der Waals surface area contributed by atoms with E-state index in [1.807, 2.05) is 12.3 Å². The summed E-state index contributed by atoms with van der Waals surface area (Å²) in [6, 6.07) is 11.3. The Morgan fingerprint density at radius 2 is 1.35 bits per heavy atom. The first-order valence-electron chi connectivity index (χ1n) is 17.8. The molecule has 1 fully saturated rings. The van der Waals surface area contributed by atoms with Crippen LogP contribution < -0.4 is 16.0 Å². The molecule has 4 aromatic rings. The minimum absolute atomic E-state index is 0.0789. The number of carboxylic acid groups (broad SMARTS) is 3. The second-order valence-corrected chi connectivity index (χ2v) is 13.5. The van der Waals surface area contributed by atoms with Gasteiger partial charge in [-0.3, -0.25) is 9.78 Å². The molecule has 6 rings (SSSR count). The number of nitrogens with one attached hydrogen (secondary N) is 3. The quantitative estimate of drug-likeness (QED) is 0.104. The maximum Gasteiger partial charge on any atom is 0.490 e. The van der Waals surface area contributed by atoms with Gasteiger partial charge in [-0.05, 0) is 85.5 Å². The predicted molar refractivity (Wildman–Crippen MR) is 201 cm³/mol. The van der Waals surface area contributed by atoms with Crippen LogP contribution in [0.4, 0.5) is 77.1 Å². The number of likely N-dealkylation sites (tertiary alicyclic amines) is 1. The number of amides is 1. The van der Waals surface area contributed by atoms with Crippen molar-refractivity contribution in [3.8, 4) is 0 Å². The average molecular weight is 932 g/mol. The summed E-state index contributed by atoms with van der Waals surface area (Å²) >= 11 is 6.38. The summed E-state index contributed by atoms with van der Waals surface area (Å²) in [6.07, 6.45) is -5.84. The molecule has 2 aromatic carbocycles. The number of benzene rings is 2. The highest BCUT2D eigenvalue weighted by molar-refractivity contribution is 6.32. The van der Waals surface area contributed by atoms with Gasteiger partial charge in [0.2, 0.25) is 5.95 Å². The highest BCUT2D eigenvalue weighted by Crippen LogP contribution is 2.30. The Morgan fingerprint density at radius 1 is 0.762 bits per heavy atom. The number of nitrogens with zero attached hydrogens (tertiary/aromatic N) is 4. The van der Waals surface area contributed by atoms with Gasteiger partial charge in [-0.2, -0.15) is 44.5 Å². The van der Waals surface area contributed by atoms with Crippen molar-refractivity contribution in [3.63, 3.8) is 0 Å². The third-order valence-corrected chi connectivity index (χ3v) is 8.78. The molecule has 1 amide bonds. The number of alkyl halides is 9. The lowest BCUT2D eigenvalue weighted by Crippen LogP contribution is -2.39. The van der Waals surface area contributed by atoms with Crippen LogP contribution in [0.1, 0.15) is 40.7 Å². The monoisotopic (exact) mass is 931 g/mol. The Bertz CT molecular complexity index is 2180. The topological polar surface area (TPSA) is 207 Å². The number of piperidine rings is 1. The molecular formula is C37H33ClF11N7O7. The van der Waals surface area contributed by atoms with Gasteiger partial charge in [0, 0.05) is 43.3 Å². The number of carbonyl (C=O) groups excluding carboxylic acids is 1. The summed E-state index contributed by atoms with van der Waals surface area (Å²) in [5.74, 6) is -8.78. The molecule has 0 saturated carbocycles. The number of aromatic nitrogens is 3. The normalized spacial score (nSPS) is 13.7. The van der Waals surface area contributed by atoms with E-state index in [2.05, 4.69) is 49.1 Å². The summed E-state index contributed by atoms with van der Waals surface area (Å²) in [5, 5.41) is 31.9. The molecule has 4 heterocycles. The number of carbonyl (C=O) groups is 4. The maximum absolute atomic E-state index is 14.1. The lowest BCUT2D eigenvalue weighted by atomic mass is 9.93. The molecule has 6 bridgehead atoms. The smallest absolute Gasteiger partial charge is 0.475 e. The number of fused-ring (bicyclic) bond motifs is 6. The zero-order valence-corrected chi connectivity index (χ0v) is 32.6. The highest BCUT2D eigenvalue weighted by Gasteiger charge is 2.39. The van der Waals surface area contributed by atoms with Crippen LogP contribution in [0.3, 0.4) is 0 Å². The molecular weight excluding hydrogens is 899 g/mol. The van der Waals surface area contributed by atoms with Crippen molar-refractivity contribution < 1.29 is 82.8 Å². The number of hydrogen-bond acceptors (Lipinski definition) is 10. The van der Waals surface area contributed by atoms with Gasteiger partial charge in [-0.25, -0.2) is 28.1 Å². The lowest BCUT2D eigenvalue weighted by molar-refractivity contribution is -0.193. The van der Waals surface area contributed by atoms with Crippen molar-refractivity contribution in [2.75, 3.05) is 35.6 Å². The summed E-state index contributed by atoms with van der Waals surface area (Å²) in [5.41, 5.74) is 4.92. The molecule has 1 saturated heterocycles. The van der Waals surface area contributed by atoms with E-state index in [1.54, 1.807) is 17.3 Å². The molecule has 0 aliphatic carbocycles. The summed E-state index contributed by atoms with van der Waals surface area (Å²) < 4.78 is 123. The number of halogens is 12. The number of anilines is 5. The largest absolute Gasteiger partial charge is 0.490 e. The predicted octanol–water partition coefficient (Wildman–Crippen LogP) is 8.64. The molecule has 0 spiro atoms. The van der Waals surface area contributed by atoms with Crippen LogP contribution in [0.15, 0.2) is 61.1 Å². The third-order valence-electron chi connectivity index (χ3n) is 8.50. The summed E-state index contributed by atoms with van der Waals surface area (Å²) in [6.45, 7) is 1.90. The summed E-state index contributed by atoms with van der Waals surface area (Å²) in [4.78, 5) is 54.3. The Kier molecular flexibility index (Phi) is 17.8. The van der Waals surface area contributed by atoms with E-state index in [0.29, 0.717) is 35.8 Å². The van der Waals surface area contributed by atoms with E-state index < -0.39 is 48.1 Å². The zero-order chi connectivity index (χ0) is 47.3. The van der Waals surface area contributed by atoms with Gasteiger partial charge in [-0.1, -0.05) is 11.6 Å². The van der Waals surface area contributed by atoms with Crippen LogP contribution in [-0.4, -0.2) is 97.1 Å². The first-order chi connectivity index (χ1) is 29.2. The molecule has 2 aromatic heterocycles. The maximum atomic E-state index is 14.1. The Morgan fingerprint density at radius 3 is 1.90 bits per heavy atom. The fourth-order valence-electron chi connectivity index (χ4n) is 5.47. The number of carboxylic acids is 3. The third kappa shape index (κ3) is 16.7. The molecule has 0 unspecified atom stereocenters. The van der Waals surface area contributed by atoms with E-state index in [0.717, 1.165) is 79.0 Å². The minimum atomic E-state index is -5.08. The Labute approximate surface area is 353 Å². The molecule has 2 aliphatic heterocycles. The van der Waals surface area contributed by atoms with Crippen molar-refractivity contribution >= 4 is 64.2 Å². The molecule has 342 valence electrons. The highest BCUT2D eigenvalue weighted by atomic mass is 35.5. The number of aryl methyl sites for hydroxylation is 2. The molecule has 6 N–H and O–H groups in total. The van der Waals surface area contributed by atoms with E-state index in [4.69, 9.17) is 41.3 Å². The van der Waals surface area contributed by atoms with E-state index >= 15 is 0 Å². The average Bonchev–Trinajstić information content (AvgIpc) is 3.19. The molecule has 14 nitrogen and oxygen atoms in total. The van der Waals surface area contributed by atoms with E-state index in [1.165, 1.54) is 6.07 Å². The molecule has 0 radical (unpaired) electrons. The Balaban J connectivity index is 0.000000416. The molecule has 0 atom stereocenters. The second-order valence-electron chi connectivity index (χ2n) is 13.1. The van der Waals surface area contributed by atoms with Crippen molar-refractivity contribution in [2.45, 2.75) is 50.6 Å². The van der Waals surface area contributed by atoms with E-state index in [9.17, 15) is 53.1 Å². The molecule has 2 aliphatic rings. The van der Waals surface area contributed by atoms with Crippen LogP contribution >= 0.6 is 11.6 Å². The van der Waals surface area contributed by atoms with Crippen LogP contribution in [0, 0.1) is 17.6 Å². The van der Waals surface area contributed by atoms with Crippen molar-refractivity contribution in [1.29, 1.82) is 0 Å². The van der Waals surface area contributed by atoms with Gasteiger partial charge in [0.25, 0.3) is 5.91 Å². The zero-order valence-electron chi connectivity index (χ0n) is 31.8. The van der Waals surface area contributed by atoms with Crippen LogP contribution in [0.25, 0.3) is 0 Å². The minimum Gasteiger partial charge on any atom is -0.475 e. The fourth-order valence-corrected chi connectivity index (χ4v) is 5.61. The first-order valence-corrected chi connectivity index (χ1v) is 18.1. The van der Waals surface area contributed by atoms with Gasteiger partial charge < -0.3 is 36.2 Å². The fraction of sp³-hybridized carbons (Fsp3) is 0.324. The molecule has 26 heteroatoms. The van der Waals surface area contributed by atoms with Gasteiger partial charge in [0.15, 0.2) is 5.82 Å². The van der Waals surface area contributed by atoms with Crippen molar-refractivity contribution in [2.24, 2.45) is 5.92 Å². The Hall–Kier alpha value is -6.53. The summed E-state index contributed by atoms with van der Waals surface area (Å²) in [7, 11) is 0. The first kappa shape index (κ1) is 50.8. The molecule has 63 heavy (non-hydrogen) atoms. The van der Waals surface area contributed by atoms with Gasteiger partial charge in [-0.15, -0.1) is 0 Å². The standard InChI is InChI=1S/C31H30ClF2N7O.3C2HF3O2/c32-26-18-37-31-39-24-13-20(16-35-17-24)1-2-21-14-23(38-29(26)40-31)4-6-28(21)36-10-7-19-8-11-41(12-9-19)30(42)25-5-3-22(33)15-27(25)34;3*3-2(4,5)1(6)7/h3-6,13-19,36H,1-2,7-12H2,(H2,37,38,39,40);3*(H,6,7). The number of aliphatic carboxylic acids is 3. The number of hydrogen-bond donors (Lipinski definition) is 6. The SMILES string of the molecule is O=C(O)C(F)(F)F.O=C(O)C(F)(F)F.O=C(O)C(F)(F)F.O=C(c1ccc(F)cc1F)N1CCC(CCNc2ccc3cc2CCc2cncc(c2)Nc2ncc(Cl)c(n2)N3)CC1. The van der Waals surface area contributed by atoms with Crippen molar-refractivity contribution in [3.05, 3.63) is 94.4 Å². The van der Waals surface area contributed by atoms with Crippen LogP contribution in [-0.2, 0) is 27.2 Å². The van der Waals surface area contributed by atoms with Crippen molar-refractivity contribution in [1.82, 2.24) is 19.9 Å². The van der Waals surface area contributed by atoms with E-state index in [-0.39, 0.29) is 11.5 Å². The number of rotatable bonds is 5. The number of pyridine rings is 1. The van der Waals surface area contributed by atoms with Gasteiger partial charge in [0.1, 0.15) is 16.7 Å². The van der Waals surface area contributed by atoms with Gasteiger partial charge >= 0.3 is 36.4 Å². The lowest BCUT2D eigenvalue weighted by Gasteiger charge is -2.32.